The zero-order valence-electron chi connectivity index (χ0n) is 14.0. The number of nitrogens with one attached hydrogen (secondary N) is 1. The molecule has 1 aliphatic heterocycles. The van der Waals surface area contributed by atoms with E-state index in [1.54, 1.807) is 7.05 Å². The second kappa shape index (κ2) is 10.6. The van der Waals surface area contributed by atoms with Crippen LogP contribution < -0.4 is 10.2 Å². The van der Waals surface area contributed by atoms with Crippen molar-refractivity contribution in [1.29, 1.82) is 0 Å². The number of halogens is 2. The van der Waals surface area contributed by atoms with Crippen LogP contribution in [0.1, 0.15) is 6.42 Å². The molecule has 1 saturated heterocycles. The van der Waals surface area contributed by atoms with E-state index in [9.17, 15) is 4.79 Å². The number of carbonyl (C=O) groups is 1. The lowest BCUT2D eigenvalue weighted by molar-refractivity contribution is -0.140. The lowest BCUT2D eigenvalue weighted by atomic mass is 10.2. The molecule has 0 unspecified atom stereocenters. The van der Waals surface area contributed by atoms with Gasteiger partial charge in [-0.3, -0.25) is 9.79 Å². The molecule has 24 heavy (non-hydrogen) atoms. The second-order valence-electron chi connectivity index (χ2n) is 5.25. The van der Waals surface area contributed by atoms with Gasteiger partial charge < -0.3 is 19.9 Å². The van der Waals surface area contributed by atoms with Gasteiger partial charge in [-0.1, -0.05) is 17.7 Å². The number of esters is 1. The van der Waals surface area contributed by atoms with E-state index >= 15 is 0 Å². The number of benzene rings is 1. The molecule has 0 aromatic heterocycles. The van der Waals surface area contributed by atoms with E-state index in [2.05, 4.69) is 30.9 Å². The van der Waals surface area contributed by atoms with Gasteiger partial charge in [-0.05, 0) is 18.2 Å². The van der Waals surface area contributed by atoms with Crippen LogP contribution in [0, 0.1) is 0 Å². The van der Waals surface area contributed by atoms with E-state index in [0.29, 0.717) is 13.0 Å². The normalized spacial score (nSPS) is 14.9. The molecular formula is C16H24ClIN4O2. The van der Waals surface area contributed by atoms with Gasteiger partial charge in [0, 0.05) is 50.5 Å². The van der Waals surface area contributed by atoms with E-state index < -0.39 is 0 Å². The largest absolute Gasteiger partial charge is 0.469 e. The first-order valence-corrected chi connectivity index (χ1v) is 8.04. The van der Waals surface area contributed by atoms with Gasteiger partial charge in [-0.25, -0.2) is 0 Å². The lowest BCUT2D eigenvalue weighted by Crippen LogP contribution is -2.52. The maximum Gasteiger partial charge on any atom is 0.307 e. The molecular weight excluding hydrogens is 443 g/mol. The fraction of sp³-hybridized carbons (Fsp3) is 0.500. The molecule has 0 atom stereocenters. The van der Waals surface area contributed by atoms with Crippen LogP contribution in [0.15, 0.2) is 29.3 Å². The fourth-order valence-corrected chi connectivity index (χ4v) is 2.74. The first-order valence-electron chi connectivity index (χ1n) is 7.67. The highest BCUT2D eigenvalue weighted by Gasteiger charge is 2.20. The Kier molecular flexibility index (Phi) is 9.20. The zero-order chi connectivity index (χ0) is 16.7. The third-order valence-corrected chi connectivity index (χ3v) is 4.04. The molecule has 0 spiro atoms. The van der Waals surface area contributed by atoms with Gasteiger partial charge in [0.05, 0.1) is 13.5 Å². The maximum absolute atomic E-state index is 11.2. The van der Waals surface area contributed by atoms with Crippen LogP contribution in [0.2, 0.25) is 5.02 Å². The maximum atomic E-state index is 11.2. The molecule has 8 heteroatoms. The molecule has 1 heterocycles. The number of carbonyl (C=O) groups excluding carboxylic acids is 1. The lowest BCUT2D eigenvalue weighted by Gasteiger charge is -2.37. The standard InChI is InChI=1S/C16H23ClN4O2.HI/c1-18-16(19-7-6-15(22)23-2)21-10-8-20(9-11-21)14-5-3-4-13(17)12-14;/h3-5,12H,6-11H2,1-2H3,(H,18,19);1H. The highest BCUT2D eigenvalue weighted by atomic mass is 127. The van der Waals surface area contributed by atoms with Crippen LogP contribution in [0.5, 0.6) is 0 Å². The van der Waals surface area contributed by atoms with Crippen molar-refractivity contribution >= 4 is 53.2 Å². The number of guanidine groups is 1. The summed E-state index contributed by atoms with van der Waals surface area (Å²) in [6.07, 6.45) is 0.331. The average Bonchev–Trinajstić information content (AvgIpc) is 2.59. The second-order valence-corrected chi connectivity index (χ2v) is 5.69. The van der Waals surface area contributed by atoms with Gasteiger partial charge in [-0.2, -0.15) is 0 Å². The van der Waals surface area contributed by atoms with Crippen molar-refractivity contribution in [2.45, 2.75) is 6.42 Å². The molecule has 0 bridgehead atoms. The van der Waals surface area contributed by atoms with Crippen LogP contribution in [0.4, 0.5) is 5.69 Å². The molecule has 0 aliphatic carbocycles. The van der Waals surface area contributed by atoms with Gasteiger partial charge in [-0.15, -0.1) is 24.0 Å². The molecule has 0 radical (unpaired) electrons. The van der Waals surface area contributed by atoms with Gasteiger partial charge in [0.2, 0.25) is 0 Å². The number of nitrogens with zero attached hydrogens (tertiary/aromatic N) is 3. The van der Waals surface area contributed by atoms with Crippen LogP contribution in [-0.2, 0) is 9.53 Å². The number of hydrogen-bond donors (Lipinski definition) is 1. The molecule has 6 nitrogen and oxygen atoms in total. The summed E-state index contributed by atoms with van der Waals surface area (Å²) >= 11 is 6.06. The summed E-state index contributed by atoms with van der Waals surface area (Å²) in [6, 6.07) is 7.91. The van der Waals surface area contributed by atoms with Gasteiger partial charge in [0.25, 0.3) is 0 Å². The predicted molar refractivity (Wildman–Crippen MR) is 109 cm³/mol. The van der Waals surface area contributed by atoms with E-state index in [4.69, 9.17) is 11.6 Å². The predicted octanol–water partition coefficient (Wildman–Crippen LogP) is 2.22. The molecule has 1 fully saturated rings. The highest BCUT2D eigenvalue weighted by molar-refractivity contribution is 14.0. The molecule has 134 valence electrons. The number of piperazine rings is 1. The van der Waals surface area contributed by atoms with Gasteiger partial charge in [0.1, 0.15) is 0 Å². The Morgan fingerprint density at radius 3 is 2.62 bits per heavy atom. The minimum absolute atomic E-state index is 0. The Labute approximate surface area is 165 Å². The third-order valence-electron chi connectivity index (χ3n) is 3.80. The Morgan fingerprint density at radius 2 is 2.04 bits per heavy atom. The third kappa shape index (κ3) is 6.01. The quantitative estimate of drug-likeness (QED) is 0.319. The van der Waals surface area contributed by atoms with E-state index in [1.807, 2.05) is 18.2 Å². The molecule has 1 aromatic carbocycles. The van der Waals surface area contributed by atoms with Crippen molar-refractivity contribution in [2.24, 2.45) is 4.99 Å². The molecule has 0 saturated carbocycles. The average molecular weight is 467 g/mol. The van der Waals surface area contributed by atoms with Crippen LogP contribution in [0.3, 0.4) is 0 Å². The number of hydrogen-bond acceptors (Lipinski definition) is 4. The van der Waals surface area contributed by atoms with Crippen LogP contribution in [0.25, 0.3) is 0 Å². The summed E-state index contributed by atoms with van der Waals surface area (Å²) in [5.74, 6) is 0.596. The highest BCUT2D eigenvalue weighted by Crippen LogP contribution is 2.20. The van der Waals surface area contributed by atoms with E-state index in [-0.39, 0.29) is 29.9 Å². The van der Waals surface area contributed by atoms with Gasteiger partial charge in [0.15, 0.2) is 5.96 Å². The smallest absolute Gasteiger partial charge is 0.307 e. The number of methoxy groups -OCH3 is 1. The monoisotopic (exact) mass is 466 g/mol. The van der Waals surface area contributed by atoms with Crippen molar-refractivity contribution in [3.8, 4) is 0 Å². The minimum Gasteiger partial charge on any atom is -0.469 e. The summed E-state index contributed by atoms with van der Waals surface area (Å²) in [7, 11) is 3.15. The number of rotatable bonds is 4. The minimum atomic E-state index is -0.223. The molecule has 1 N–H and O–H groups in total. The molecule has 0 amide bonds. The molecule has 1 aliphatic rings. The van der Waals surface area contributed by atoms with E-state index in [0.717, 1.165) is 42.8 Å². The number of ether oxygens (including phenoxy) is 1. The van der Waals surface area contributed by atoms with E-state index in [1.165, 1.54) is 7.11 Å². The summed E-state index contributed by atoms with van der Waals surface area (Å²) < 4.78 is 4.63. The Bertz CT molecular complexity index is 563. The van der Waals surface area contributed by atoms with Crippen molar-refractivity contribution in [3.05, 3.63) is 29.3 Å². The summed E-state index contributed by atoms with van der Waals surface area (Å²) in [4.78, 5) is 19.9. The summed E-state index contributed by atoms with van der Waals surface area (Å²) in [6.45, 7) is 4.05. The van der Waals surface area contributed by atoms with Crippen molar-refractivity contribution in [2.75, 3.05) is 51.8 Å². The first-order chi connectivity index (χ1) is 11.1. The number of anilines is 1. The first kappa shape index (κ1) is 20.8. The topological polar surface area (TPSA) is 57.2 Å². The Balaban J connectivity index is 0.00000288. The fourth-order valence-electron chi connectivity index (χ4n) is 2.56. The Hall–Kier alpha value is -1.22. The van der Waals surface area contributed by atoms with Crippen LogP contribution >= 0.6 is 35.6 Å². The van der Waals surface area contributed by atoms with Crippen molar-refractivity contribution < 1.29 is 9.53 Å². The van der Waals surface area contributed by atoms with Crippen molar-refractivity contribution in [3.63, 3.8) is 0 Å². The Morgan fingerprint density at radius 1 is 1.33 bits per heavy atom. The summed E-state index contributed by atoms with van der Waals surface area (Å²) in [5, 5.41) is 3.96. The molecule has 1 aromatic rings. The van der Waals surface area contributed by atoms with Crippen molar-refractivity contribution in [1.82, 2.24) is 10.2 Å². The summed E-state index contributed by atoms with van der Waals surface area (Å²) in [5.41, 5.74) is 1.14. The SMILES string of the molecule is CN=C(NCCC(=O)OC)N1CCN(c2cccc(Cl)c2)CC1.I. The van der Waals surface area contributed by atoms with Crippen LogP contribution in [-0.4, -0.2) is 63.7 Å². The number of aliphatic imine (C=N–C) groups is 1. The zero-order valence-corrected chi connectivity index (χ0v) is 17.1. The van der Waals surface area contributed by atoms with Gasteiger partial charge >= 0.3 is 5.97 Å². The molecule has 2 rings (SSSR count).